The highest BCUT2D eigenvalue weighted by Gasteiger charge is 2.26. The van der Waals surface area contributed by atoms with Crippen LogP contribution in [0.5, 0.6) is 0 Å². The van der Waals surface area contributed by atoms with E-state index in [1.54, 1.807) is 11.8 Å². The maximum atomic E-state index is 11.4. The van der Waals surface area contributed by atoms with Crippen LogP contribution < -0.4 is 10.6 Å². The van der Waals surface area contributed by atoms with Gasteiger partial charge in [-0.1, -0.05) is 0 Å². The highest BCUT2D eigenvalue weighted by molar-refractivity contribution is 7.99. The number of hydrogen-bond acceptors (Lipinski definition) is 3. The van der Waals surface area contributed by atoms with Crippen LogP contribution in [0.4, 0.5) is 0 Å². The van der Waals surface area contributed by atoms with Crippen molar-refractivity contribution >= 4 is 17.7 Å². The summed E-state index contributed by atoms with van der Waals surface area (Å²) >= 11 is 1.78. The molecule has 4 heteroatoms. The van der Waals surface area contributed by atoms with Crippen molar-refractivity contribution in [2.75, 3.05) is 25.9 Å². The molecule has 3 nitrogen and oxygen atoms in total. The normalized spacial score (nSPS) is 18.1. The van der Waals surface area contributed by atoms with Crippen LogP contribution in [-0.4, -0.2) is 36.5 Å². The highest BCUT2D eigenvalue weighted by Crippen LogP contribution is 2.19. The van der Waals surface area contributed by atoms with Gasteiger partial charge in [-0.15, -0.1) is 0 Å². The Balaban J connectivity index is 2.21. The molecule has 0 unspecified atom stereocenters. The first-order valence-corrected chi connectivity index (χ1v) is 5.81. The molecule has 1 saturated heterocycles. The van der Waals surface area contributed by atoms with E-state index >= 15 is 0 Å². The molecule has 1 rings (SSSR count). The summed E-state index contributed by atoms with van der Waals surface area (Å²) in [6, 6.07) is 0. The average Bonchev–Trinajstić information content (AvgIpc) is 1.98. The third kappa shape index (κ3) is 3.19. The maximum Gasteiger partial charge on any atom is 0.225 e. The molecular weight excluding hydrogens is 184 g/mol. The van der Waals surface area contributed by atoms with Crippen LogP contribution in [0.2, 0.25) is 0 Å². The van der Waals surface area contributed by atoms with Gasteiger partial charge < -0.3 is 10.6 Å². The molecule has 76 valence electrons. The van der Waals surface area contributed by atoms with Gasteiger partial charge in [0.1, 0.15) is 0 Å². The van der Waals surface area contributed by atoms with Gasteiger partial charge in [-0.2, -0.15) is 11.8 Å². The van der Waals surface area contributed by atoms with E-state index in [1.165, 1.54) is 0 Å². The quantitative estimate of drug-likeness (QED) is 0.696. The number of rotatable bonds is 4. The monoisotopic (exact) mass is 202 g/mol. The molecule has 1 aliphatic heterocycles. The molecule has 2 N–H and O–H groups in total. The molecule has 0 saturated carbocycles. The second kappa shape index (κ2) is 4.33. The van der Waals surface area contributed by atoms with Crippen LogP contribution >= 0.6 is 11.8 Å². The van der Waals surface area contributed by atoms with E-state index < -0.39 is 0 Å². The smallest absolute Gasteiger partial charge is 0.225 e. The van der Waals surface area contributed by atoms with Crippen LogP contribution in [0, 0.1) is 5.92 Å². The average molecular weight is 202 g/mol. The zero-order chi connectivity index (χ0) is 9.90. The molecular formula is C9H18N2OS. The summed E-state index contributed by atoms with van der Waals surface area (Å²) < 4.78 is 0.146. The fourth-order valence-electron chi connectivity index (χ4n) is 0.991. The van der Waals surface area contributed by atoms with Crippen molar-refractivity contribution < 1.29 is 4.79 Å². The largest absolute Gasteiger partial charge is 0.354 e. The van der Waals surface area contributed by atoms with Crippen molar-refractivity contribution in [2.24, 2.45) is 5.92 Å². The van der Waals surface area contributed by atoms with Crippen LogP contribution in [-0.2, 0) is 4.79 Å². The van der Waals surface area contributed by atoms with E-state index in [9.17, 15) is 4.79 Å². The van der Waals surface area contributed by atoms with Gasteiger partial charge in [0.25, 0.3) is 0 Å². The van der Waals surface area contributed by atoms with Crippen molar-refractivity contribution in [3.05, 3.63) is 0 Å². The van der Waals surface area contributed by atoms with E-state index in [4.69, 9.17) is 0 Å². The lowest BCUT2D eigenvalue weighted by Gasteiger charge is -2.28. The molecule has 0 spiro atoms. The molecule has 0 aliphatic carbocycles. The number of hydrogen-bond donors (Lipinski definition) is 2. The van der Waals surface area contributed by atoms with E-state index in [0.717, 1.165) is 19.6 Å². The van der Waals surface area contributed by atoms with E-state index in [-0.39, 0.29) is 16.6 Å². The van der Waals surface area contributed by atoms with E-state index in [1.807, 2.05) is 0 Å². The molecule has 1 fully saturated rings. The SMILES string of the molecule is CSC(C)(C)CNC(=O)C1CNC1. The van der Waals surface area contributed by atoms with Crippen LogP contribution in [0.3, 0.4) is 0 Å². The predicted octanol–water partition coefficient (Wildman–Crippen LogP) is 0.464. The van der Waals surface area contributed by atoms with Crippen molar-refractivity contribution in [1.29, 1.82) is 0 Å². The number of amides is 1. The standard InChI is InChI=1S/C9H18N2OS/c1-9(2,13-3)6-11-8(12)7-4-10-5-7/h7,10H,4-6H2,1-3H3,(H,11,12). The Hall–Kier alpha value is -0.220. The van der Waals surface area contributed by atoms with Gasteiger partial charge in [-0.05, 0) is 20.1 Å². The third-order valence-electron chi connectivity index (χ3n) is 2.39. The second-order valence-corrected chi connectivity index (χ2v) is 5.55. The molecule has 1 amide bonds. The van der Waals surface area contributed by atoms with Crippen molar-refractivity contribution in [1.82, 2.24) is 10.6 Å². The number of carbonyl (C=O) groups is 1. The van der Waals surface area contributed by atoms with Crippen molar-refractivity contribution in [3.63, 3.8) is 0 Å². The summed E-state index contributed by atoms with van der Waals surface area (Å²) in [4.78, 5) is 11.4. The Morgan fingerprint density at radius 3 is 2.62 bits per heavy atom. The lowest BCUT2D eigenvalue weighted by Crippen LogP contribution is -2.52. The first-order chi connectivity index (χ1) is 6.05. The molecule has 1 aliphatic rings. The van der Waals surface area contributed by atoms with Gasteiger partial charge in [0.2, 0.25) is 5.91 Å². The minimum absolute atomic E-state index is 0.146. The summed E-state index contributed by atoms with van der Waals surface area (Å²) in [5, 5.41) is 6.06. The van der Waals surface area contributed by atoms with Gasteiger partial charge in [-0.25, -0.2) is 0 Å². The first-order valence-electron chi connectivity index (χ1n) is 4.59. The van der Waals surface area contributed by atoms with Crippen LogP contribution in [0.25, 0.3) is 0 Å². The van der Waals surface area contributed by atoms with Crippen LogP contribution in [0.15, 0.2) is 0 Å². The molecule has 0 bridgehead atoms. The predicted molar refractivity (Wildman–Crippen MR) is 57.0 cm³/mol. The Morgan fingerprint density at radius 2 is 2.23 bits per heavy atom. The molecule has 0 aromatic heterocycles. The topological polar surface area (TPSA) is 41.1 Å². The minimum atomic E-state index is 0.146. The van der Waals surface area contributed by atoms with Crippen molar-refractivity contribution in [2.45, 2.75) is 18.6 Å². The minimum Gasteiger partial charge on any atom is -0.354 e. The zero-order valence-corrected chi connectivity index (χ0v) is 9.33. The fraction of sp³-hybridized carbons (Fsp3) is 0.889. The molecule has 13 heavy (non-hydrogen) atoms. The third-order valence-corrected chi connectivity index (χ3v) is 3.64. The van der Waals surface area contributed by atoms with Crippen LogP contribution in [0.1, 0.15) is 13.8 Å². The highest BCUT2D eigenvalue weighted by atomic mass is 32.2. The number of carbonyl (C=O) groups excluding carboxylic acids is 1. The molecule has 0 aromatic carbocycles. The fourth-order valence-corrected chi connectivity index (χ4v) is 1.21. The van der Waals surface area contributed by atoms with Gasteiger partial charge in [0.15, 0.2) is 0 Å². The van der Waals surface area contributed by atoms with E-state index in [0.29, 0.717) is 0 Å². The molecule has 0 atom stereocenters. The van der Waals surface area contributed by atoms with E-state index in [2.05, 4.69) is 30.7 Å². The van der Waals surface area contributed by atoms with Gasteiger partial charge in [0.05, 0.1) is 5.92 Å². The lowest BCUT2D eigenvalue weighted by molar-refractivity contribution is -0.126. The maximum absolute atomic E-state index is 11.4. The summed E-state index contributed by atoms with van der Waals surface area (Å²) in [6.07, 6.45) is 2.07. The summed E-state index contributed by atoms with van der Waals surface area (Å²) in [7, 11) is 0. The summed E-state index contributed by atoms with van der Waals surface area (Å²) in [5.41, 5.74) is 0. The Kier molecular flexibility index (Phi) is 3.62. The van der Waals surface area contributed by atoms with Gasteiger partial charge in [0, 0.05) is 24.4 Å². The molecule has 1 heterocycles. The second-order valence-electron chi connectivity index (χ2n) is 4.04. The Labute approximate surface area is 84.0 Å². The van der Waals surface area contributed by atoms with Gasteiger partial charge >= 0.3 is 0 Å². The molecule has 0 aromatic rings. The van der Waals surface area contributed by atoms with Crippen molar-refractivity contribution in [3.8, 4) is 0 Å². The Morgan fingerprint density at radius 1 is 1.62 bits per heavy atom. The summed E-state index contributed by atoms with van der Waals surface area (Å²) in [5.74, 6) is 0.401. The Bertz CT molecular complexity index is 190. The summed E-state index contributed by atoms with van der Waals surface area (Å²) in [6.45, 7) is 6.70. The number of thioether (sulfide) groups is 1. The molecule has 0 radical (unpaired) electrons. The first kappa shape index (κ1) is 10.9. The zero-order valence-electron chi connectivity index (χ0n) is 8.52. The lowest BCUT2D eigenvalue weighted by atomic mass is 10.0. The van der Waals surface area contributed by atoms with Gasteiger partial charge in [-0.3, -0.25) is 4.79 Å². The number of nitrogens with one attached hydrogen (secondary N) is 2.